The molecule has 8 heteroatoms. The molecule has 1 aliphatic rings. The van der Waals surface area contributed by atoms with E-state index in [1.54, 1.807) is 6.26 Å². The topological polar surface area (TPSA) is 82.2 Å². The van der Waals surface area contributed by atoms with E-state index in [4.69, 9.17) is 9.15 Å². The quantitative estimate of drug-likeness (QED) is 0.565. The van der Waals surface area contributed by atoms with Crippen LogP contribution in [-0.2, 0) is 16.1 Å². The number of carbonyl (C=O) groups excluding carboxylic acids is 1. The molecule has 3 heterocycles. The van der Waals surface area contributed by atoms with Gasteiger partial charge < -0.3 is 14.5 Å². The van der Waals surface area contributed by atoms with Gasteiger partial charge >= 0.3 is 0 Å². The van der Waals surface area contributed by atoms with Gasteiger partial charge in [-0.2, -0.15) is 0 Å². The van der Waals surface area contributed by atoms with Crippen LogP contribution in [0.25, 0.3) is 11.4 Å². The van der Waals surface area contributed by atoms with Gasteiger partial charge in [-0.1, -0.05) is 17.8 Å². The molecular weight excluding hydrogens is 400 g/mol. The molecule has 1 aromatic carbocycles. The fourth-order valence-electron chi connectivity index (χ4n) is 3.51. The Labute approximate surface area is 180 Å². The molecule has 1 N–H and O–H groups in total. The molecular formula is C22H26N4O3S. The number of aryl methyl sites for hydroxylation is 3. The summed E-state index contributed by atoms with van der Waals surface area (Å²) >= 11 is 1.38. The van der Waals surface area contributed by atoms with Crippen LogP contribution in [0.1, 0.15) is 29.7 Å². The number of furan rings is 1. The van der Waals surface area contributed by atoms with Gasteiger partial charge in [-0.25, -0.2) is 0 Å². The lowest BCUT2D eigenvalue weighted by Gasteiger charge is -2.14. The summed E-state index contributed by atoms with van der Waals surface area (Å²) in [6.45, 7) is 7.44. The first kappa shape index (κ1) is 20.7. The van der Waals surface area contributed by atoms with Gasteiger partial charge in [0.15, 0.2) is 11.0 Å². The molecule has 3 aromatic rings. The van der Waals surface area contributed by atoms with Gasteiger partial charge in [-0.15, -0.1) is 10.2 Å². The lowest BCUT2D eigenvalue weighted by molar-refractivity contribution is -0.113. The number of nitrogens with zero attached hydrogens (tertiary/aromatic N) is 3. The number of nitrogens with one attached hydrogen (secondary N) is 1. The number of ether oxygens (including phenoxy) is 1. The Morgan fingerprint density at radius 1 is 1.23 bits per heavy atom. The summed E-state index contributed by atoms with van der Waals surface area (Å²) in [7, 11) is 0. The molecule has 4 rings (SSSR count). The second kappa shape index (κ2) is 9.06. The number of hydrogen-bond donors (Lipinski definition) is 1. The Balaban J connectivity index is 1.48. The van der Waals surface area contributed by atoms with Crippen molar-refractivity contribution in [3.63, 3.8) is 0 Å². The Kier molecular flexibility index (Phi) is 6.24. The minimum Gasteiger partial charge on any atom is -0.469 e. The number of aromatic nitrogens is 3. The number of benzene rings is 1. The maximum absolute atomic E-state index is 12.5. The SMILES string of the molecule is Cc1ccc(NC(=O)CSc2nnc(-c3ccoc3C)n2C[C@H]2CCCO2)cc1C. The van der Waals surface area contributed by atoms with E-state index in [0.29, 0.717) is 11.7 Å². The highest BCUT2D eigenvalue weighted by molar-refractivity contribution is 7.99. The van der Waals surface area contributed by atoms with Crippen molar-refractivity contribution in [1.82, 2.24) is 14.8 Å². The Bertz CT molecular complexity index is 1040. The van der Waals surface area contributed by atoms with Crippen molar-refractivity contribution < 1.29 is 13.9 Å². The first-order valence-corrected chi connectivity index (χ1v) is 11.1. The summed E-state index contributed by atoms with van der Waals surface area (Å²) < 4.78 is 13.3. The second-order valence-corrected chi connectivity index (χ2v) is 8.52. The molecule has 0 radical (unpaired) electrons. The van der Waals surface area contributed by atoms with E-state index in [9.17, 15) is 4.79 Å². The van der Waals surface area contributed by atoms with Crippen LogP contribution in [-0.4, -0.2) is 39.1 Å². The van der Waals surface area contributed by atoms with E-state index in [1.165, 1.54) is 17.3 Å². The summed E-state index contributed by atoms with van der Waals surface area (Å²) in [5.41, 5.74) is 4.06. The summed E-state index contributed by atoms with van der Waals surface area (Å²) in [5.74, 6) is 1.71. The zero-order chi connectivity index (χ0) is 21.1. The molecule has 1 aliphatic heterocycles. The normalized spacial score (nSPS) is 16.2. The minimum atomic E-state index is -0.0732. The Morgan fingerprint density at radius 3 is 2.80 bits per heavy atom. The van der Waals surface area contributed by atoms with Crippen molar-refractivity contribution in [1.29, 1.82) is 0 Å². The molecule has 0 spiro atoms. The lowest BCUT2D eigenvalue weighted by Crippen LogP contribution is -2.18. The van der Waals surface area contributed by atoms with E-state index in [-0.39, 0.29) is 17.8 Å². The number of amides is 1. The summed E-state index contributed by atoms with van der Waals surface area (Å²) in [6, 6.07) is 7.81. The monoisotopic (exact) mass is 426 g/mol. The van der Waals surface area contributed by atoms with Gasteiger partial charge in [0.1, 0.15) is 5.76 Å². The number of rotatable bonds is 7. The van der Waals surface area contributed by atoms with E-state index < -0.39 is 0 Å². The van der Waals surface area contributed by atoms with Gasteiger partial charge in [0.2, 0.25) is 5.91 Å². The summed E-state index contributed by atoms with van der Waals surface area (Å²) in [6.07, 6.45) is 3.86. The first-order valence-electron chi connectivity index (χ1n) is 10.1. The summed E-state index contributed by atoms with van der Waals surface area (Å²) in [4.78, 5) is 12.5. The van der Waals surface area contributed by atoms with Crippen LogP contribution in [0.3, 0.4) is 0 Å². The molecule has 0 bridgehead atoms. The largest absolute Gasteiger partial charge is 0.469 e. The zero-order valence-electron chi connectivity index (χ0n) is 17.5. The molecule has 2 aromatic heterocycles. The van der Waals surface area contributed by atoms with Gasteiger partial charge in [0, 0.05) is 12.3 Å². The maximum atomic E-state index is 12.5. The van der Waals surface area contributed by atoms with E-state index in [0.717, 1.165) is 47.8 Å². The van der Waals surface area contributed by atoms with Crippen molar-refractivity contribution in [3.8, 4) is 11.4 Å². The molecule has 1 fully saturated rings. The van der Waals surface area contributed by atoms with Crippen LogP contribution in [0.2, 0.25) is 0 Å². The number of hydrogen-bond acceptors (Lipinski definition) is 6. The standard InChI is InChI=1S/C22H26N4O3S/c1-14-6-7-17(11-15(14)2)23-20(27)13-30-22-25-24-21(19-8-10-28-16(19)3)26(22)12-18-5-4-9-29-18/h6-8,10-11,18H,4-5,9,12-13H2,1-3H3,(H,23,27)/t18-/m1/s1. The highest BCUT2D eigenvalue weighted by Crippen LogP contribution is 2.29. The summed E-state index contributed by atoms with van der Waals surface area (Å²) in [5, 5.41) is 12.4. The second-order valence-electron chi connectivity index (χ2n) is 7.58. The smallest absolute Gasteiger partial charge is 0.234 e. The molecule has 158 valence electrons. The lowest BCUT2D eigenvalue weighted by atomic mass is 10.1. The Morgan fingerprint density at radius 2 is 2.10 bits per heavy atom. The average Bonchev–Trinajstić information content (AvgIpc) is 3.46. The molecule has 1 saturated heterocycles. The van der Waals surface area contributed by atoms with Gasteiger partial charge in [0.05, 0.1) is 30.2 Å². The van der Waals surface area contributed by atoms with Crippen LogP contribution in [0.4, 0.5) is 5.69 Å². The highest BCUT2D eigenvalue weighted by Gasteiger charge is 2.23. The maximum Gasteiger partial charge on any atom is 0.234 e. The molecule has 0 unspecified atom stereocenters. The number of carbonyl (C=O) groups is 1. The van der Waals surface area contributed by atoms with Gasteiger partial charge in [0.25, 0.3) is 0 Å². The fraction of sp³-hybridized carbons (Fsp3) is 0.409. The van der Waals surface area contributed by atoms with Crippen LogP contribution >= 0.6 is 11.8 Å². The van der Waals surface area contributed by atoms with Crippen LogP contribution in [0.5, 0.6) is 0 Å². The van der Waals surface area contributed by atoms with E-state index in [1.807, 2.05) is 42.7 Å². The van der Waals surface area contributed by atoms with Crippen LogP contribution in [0.15, 0.2) is 40.1 Å². The minimum absolute atomic E-state index is 0.0732. The third-order valence-electron chi connectivity index (χ3n) is 5.35. The van der Waals surface area contributed by atoms with Gasteiger partial charge in [-0.05, 0) is 62.9 Å². The molecule has 1 atom stereocenters. The molecule has 0 aliphatic carbocycles. The van der Waals surface area contributed by atoms with Crippen molar-refractivity contribution in [2.45, 2.75) is 51.4 Å². The van der Waals surface area contributed by atoms with Crippen molar-refractivity contribution >= 4 is 23.4 Å². The molecule has 30 heavy (non-hydrogen) atoms. The molecule has 0 saturated carbocycles. The van der Waals surface area contributed by atoms with Crippen molar-refractivity contribution in [2.75, 3.05) is 17.7 Å². The predicted octanol–water partition coefficient (Wildman–Crippen LogP) is 4.37. The van der Waals surface area contributed by atoms with Crippen LogP contribution in [0, 0.1) is 20.8 Å². The van der Waals surface area contributed by atoms with E-state index >= 15 is 0 Å². The van der Waals surface area contributed by atoms with Gasteiger partial charge in [-0.3, -0.25) is 9.36 Å². The third-order valence-corrected chi connectivity index (χ3v) is 6.32. The Hall–Kier alpha value is -2.58. The van der Waals surface area contributed by atoms with Crippen molar-refractivity contribution in [2.24, 2.45) is 0 Å². The number of thioether (sulfide) groups is 1. The number of anilines is 1. The first-order chi connectivity index (χ1) is 14.5. The average molecular weight is 427 g/mol. The zero-order valence-corrected chi connectivity index (χ0v) is 18.3. The predicted molar refractivity (Wildman–Crippen MR) is 117 cm³/mol. The molecule has 7 nitrogen and oxygen atoms in total. The molecule has 1 amide bonds. The van der Waals surface area contributed by atoms with Crippen molar-refractivity contribution in [3.05, 3.63) is 47.4 Å². The van der Waals surface area contributed by atoms with Crippen LogP contribution < -0.4 is 5.32 Å². The van der Waals surface area contributed by atoms with E-state index in [2.05, 4.69) is 22.4 Å². The fourth-order valence-corrected chi connectivity index (χ4v) is 4.26. The highest BCUT2D eigenvalue weighted by atomic mass is 32.2. The third kappa shape index (κ3) is 4.60.